The lowest BCUT2D eigenvalue weighted by atomic mass is 10.5. The summed E-state index contributed by atoms with van der Waals surface area (Å²) in [6.45, 7) is 4.16. The number of hydrogen-bond acceptors (Lipinski definition) is 2. The van der Waals surface area contributed by atoms with Gasteiger partial charge in [0, 0.05) is 16.1 Å². The molecule has 1 aliphatic rings. The van der Waals surface area contributed by atoms with E-state index < -0.39 is 0 Å². The van der Waals surface area contributed by atoms with Crippen molar-refractivity contribution in [2.45, 2.75) is 20.3 Å². The second kappa shape index (κ2) is 16.9. The number of carbonyl (C=O) groups is 1. The first-order chi connectivity index (χ1) is 5.83. The van der Waals surface area contributed by atoms with E-state index in [-0.39, 0.29) is 0 Å². The molecule has 0 aromatic heterocycles. The van der Waals surface area contributed by atoms with E-state index >= 15 is 0 Å². The van der Waals surface area contributed by atoms with Crippen LogP contribution in [0.15, 0.2) is 24.3 Å². The molecule has 1 aliphatic carbocycles. The molecule has 0 N–H and O–H groups in total. The number of rotatable bonds is 1. The maximum absolute atomic E-state index is 8.81. The van der Waals surface area contributed by atoms with Crippen LogP contribution >= 0.6 is 9.47 Å². The van der Waals surface area contributed by atoms with Crippen LogP contribution in [0.5, 0.6) is 0 Å². The summed E-state index contributed by atoms with van der Waals surface area (Å²) in [6.07, 6.45) is 10.2. The second-order valence-electron chi connectivity index (χ2n) is 1.78. The minimum absolute atomic E-state index is 0.750. The molecule has 3 heteroatoms. The Morgan fingerprint density at radius 3 is 1.92 bits per heavy atom. The van der Waals surface area contributed by atoms with Crippen molar-refractivity contribution < 1.29 is 9.32 Å². The highest BCUT2D eigenvalue weighted by atomic mass is 31.0. The summed E-state index contributed by atoms with van der Waals surface area (Å²) in [5.74, 6) is 0. The first-order valence-electron chi connectivity index (χ1n) is 3.86. The van der Waals surface area contributed by atoms with E-state index in [1.54, 1.807) is 0 Å². The van der Waals surface area contributed by atoms with E-state index in [1.807, 2.05) is 6.92 Å². The molecular formula is C9H17O2P. The number of hydrogen-bond donors (Lipinski definition) is 0. The molecule has 2 nitrogen and oxygen atoms in total. The van der Waals surface area contributed by atoms with Gasteiger partial charge in [0.1, 0.15) is 6.29 Å². The molecule has 12 heavy (non-hydrogen) atoms. The zero-order valence-electron chi connectivity index (χ0n) is 7.69. The molecule has 0 heterocycles. The van der Waals surface area contributed by atoms with Gasteiger partial charge in [-0.1, -0.05) is 24.3 Å². The maximum Gasteiger partial charge on any atom is 0.116 e. The van der Waals surface area contributed by atoms with Gasteiger partial charge >= 0.3 is 0 Å². The predicted octanol–water partition coefficient (Wildman–Crippen LogP) is 2.52. The van der Waals surface area contributed by atoms with Crippen LogP contribution in [-0.4, -0.2) is 12.9 Å². The minimum Gasteiger partial charge on any atom is -0.366 e. The Kier molecular flexibility index (Phi) is 19.8. The molecule has 70 valence electrons. The summed E-state index contributed by atoms with van der Waals surface area (Å²) in [7, 11) is 2.16. The van der Waals surface area contributed by atoms with Gasteiger partial charge in [-0.2, -0.15) is 0 Å². The van der Waals surface area contributed by atoms with Gasteiger partial charge in [-0.05, 0) is 20.3 Å². The summed E-state index contributed by atoms with van der Waals surface area (Å²) in [4.78, 5) is 8.81. The zero-order valence-corrected chi connectivity index (χ0v) is 8.85. The standard InChI is InChI=1S/C5H6.C2H7OP.C2H4O/c1-2-4-5-3-1;1-2-3-4;1-2-3/h1-4H,5H2;2,4H2,1H3;2H,1H3. The predicted molar refractivity (Wildman–Crippen MR) is 56.0 cm³/mol. The molecule has 0 aliphatic heterocycles. The normalized spacial score (nSPS) is 10.9. The minimum atomic E-state index is 0.750. The van der Waals surface area contributed by atoms with Crippen molar-refractivity contribution in [1.82, 2.24) is 0 Å². The molecule has 0 fully saturated rings. The number of aldehydes is 1. The van der Waals surface area contributed by atoms with Gasteiger partial charge in [0.25, 0.3) is 0 Å². The third kappa shape index (κ3) is 22.7. The first-order valence-corrected chi connectivity index (χ1v) is 4.33. The van der Waals surface area contributed by atoms with Gasteiger partial charge in [-0.15, -0.1) is 0 Å². The van der Waals surface area contributed by atoms with Crippen LogP contribution in [0.25, 0.3) is 0 Å². The fraction of sp³-hybridized carbons (Fsp3) is 0.444. The van der Waals surface area contributed by atoms with E-state index in [0.717, 1.165) is 19.3 Å². The second-order valence-corrected chi connectivity index (χ2v) is 2.12. The molecule has 0 saturated heterocycles. The van der Waals surface area contributed by atoms with Crippen molar-refractivity contribution in [3.05, 3.63) is 24.3 Å². The van der Waals surface area contributed by atoms with Gasteiger partial charge in [-0.25, -0.2) is 0 Å². The molecule has 0 aromatic carbocycles. The largest absolute Gasteiger partial charge is 0.366 e. The van der Waals surface area contributed by atoms with Crippen molar-refractivity contribution in [3.63, 3.8) is 0 Å². The van der Waals surface area contributed by atoms with Crippen LogP contribution in [0.1, 0.15) is 20.3 Å². The van der Waals surface area contributed by atoms with Crippen LogP contribution in [-0.2, 0) is 9.32 Å². The molecule has 0 spiro atoms. The Morgan fingerprint density at radius 1 is 1.50 bits per heavy atom. The van der Waals surface area contributed by atoms with Crippen molar-refractivity contribution in [2.75, 3.05) is 6.61 Å². The van der Waals surface area contributed by atoms with Gasteiger partial charge < -0.3 is 9.32 Å². The molecule has 0 amide bonds. The lowest BCUT2D eigenvalue weighted by Gasteiger charge is -1.75. The van der Waals surface area contributed by atoms with Crippen LogP contribution in [0.3, 0.4) is 0 Å². The smallest absolute Gasteiger partial charge is 0.116 e. The molecule has 1 atom stereocenters. The van der Waals surface area contributed by atoms with Gasteiger partial charge in [-0.3, -0.25) is 0 Å². The average molecular weight is 188 g/mol. The molecule has 0 aromatic rings. The molecule has 0 radical (unpaired) electrons. The van der Waals surface area contributed by atoms with Crippen molar-refractivity contribution in [2.24, 2.45) is 0 Å². The maximum atomic E-state index is 8.81. The third-order valence-corrected chi connectivity index (χ3v) is 1.16. The summed E-state index contributed by atoms with van der Waals surface area (Å²) in [6, 6.07) is 0. The van der Waals surface area contributed by atoms with Crippen LogP contribution in [0.4, 0.5) is 0 Å². The van der Waals surface area contributed by atoms with Crippen LogP contribution in [0, 0.1) is 0 Å². The van der Waals surface area contributed by atoms with E-state index in [0.29, 0.717) is 0 Å². The monoisotopic (exact) mass is 188 g/mol. The van der Waals surface area contributed by atoms with Gasteiger partial charge in [0.2, 0.25) is 0 Å². The lowest BCUT2D eigenvalue weighted by Crippen LogP contribution is -1.63. The van der Waals surface area contributed by atoms with Crippen molar-refractivity contribution in [1.29, 1.82) is 0 Å². The highest BCUT2D eigenvalue weighted by Crippen LogP contribution is 1.93. The Labute approximate surface area is 77.0 Å². The Morgan fingerprint density at radius 2 is 1.83 bits per heavy atom. The molecule has 1 unspecified atom stereocenters. The Bertz CT molecular complexity index is 118. The summed E-state index contributed by atoms with van der Waals surface area (Å²) in [5, 5.41) is 0. The Balaban J connectivity index is 0. The van der Waals surface area contributed by atoms with Crippen LogP contribution < -0.4 is 0 Å². The molecule has 0 saturated carbocycles. The number of carbonyl (C=O) groups excluding carboxylic acids is 1. The fourth-order valence-corrected chi connectivity index (χ4v) is 0.393. The van der Waals surface area contributed by atoms with E-state index in [4.69, 9.17) is 4.79 Å². The zero-order chi connectivity index (χ0) is 9.66. The van der Waals surface area contributed by atoms with E-state index in [9.17, 15) is 0 Å². The fourth-order valence-electron chi connectivity index (χ4n) is 0.393. The SMILES string of the molecule is C1=CCC=C1.CC=O.CCOP. The molecular weight excluding hydrogens is 171 g/mol. The number of allylic oxidation sites excluding steroid dienone is 4. The Hall–Kier alpha value is -0.460. The van der Waals surface area contributed by atoms with E-state index in [1.165, 1.54) is 6.92 Å². The van der Waals surface area contributed by atoms with Crippen LogP contribution in [0.2, 0.25) is 0 Å². The van der Waals surface area contributed by atoms with Gasteiger partial charge in [0.15, 0.2) is 0 Å². The van der Waals surface area contributed by atoms with Crippen molar-refractivity contribution in [3.8, 4) is 0 Å². The lowest BCUT2D eigenvalue weighted by molar-refractivity contribution is -0.106. The summed E-state index contributed by atoms with van der Waals surface area (Å²) < 4.78 is 4.46. The first kappa shape index (κ1) is 14.1. The highest BCUT2D eigenvalue weighted by molar-refractivity contribution is 7.09. The van der Waals surface area contributed by atoms with Gasteiger partial charge in [0.05, 0.1) is 0 Å². The van der Waals surface area contributed by atoms with E-state index in [2.05, 4.69) is 38.3 Å². The van der Waals surface area contributed by atoms with Crippen molar-refractivity contribution >= 4 is 15.8 Å². The quantitative estimate of drug-likeness (QED) is 0.467. The molecule has 0 bridgehead atoms. The third-order valence-electron chi connectivity index (χ3n) is 0.822. The highest BCUT2D eigenvalue weighted by Gasteiger charge is 1.72. The average Bonchev–Trinajstić information content (AvgIpc) is 2.62. The summed E-state index contributed by atoms with van der Waals surface area (Å²) >= 11 is 0. The molecule has 1 rings (SSSR count). The topological polar surface area (TPSA) is 26.3 Å². The summed E-state index contributed by atoms with van der Waals surface area (Å²) in [5.41, 5.74) is 0.